The Balaban J connectivity index is 0.000000345. The molecule has 1 aliphatic heterocycles. The number of anilines is 1. The summed E-state index contributed by atoms with van der Waals surface area (Å²) in [4.78, 5) is 18.6. The van der Waals surface area contributed by atoms with E-state index in [4.69, 9.17) is 9.90 Å². The molecule has 3 heterocycles. The molecule has 8 nitrogen and oxygen atoms in total. The normalized spacial score (nSPS) is 15.0. The van der Waals surface area contributed by atoms with Gasteiger partial charge in [0.15, 0.2) is 0 Å². The molecule has 0 bridgehead atoms. The van der Waals surface area contributed by atoms with Crippen LogP contribution in [0, 0.1) is 0 Å². The van der Waals surface area contributed by atoms with Crippen LogP contribution in [0.15, 0.2) is 22.9 Å². The number of pyridine rings is 1. The topological polar surface area (TPSA) is 104 Å². The second kappa shape index (κ2) is 8.41. The standard InChI is InChI=1S/C12H12F3N5O.C2HF3O2/c13-12(14,15)11-18-10(19-21-11)8-1-2-9(17-7-8)20-5-3-16-4-6-20;3-2(4,5)1(6)7/h1-2,7,16H,3-6H2;(H,6,7). The highest BCUT2D eigenvalue weighted by Gasteiger charge is 2.39. The van der Waals surface area contributed by atoms with E-state index in [-0.39, 0.29) is 5.82 Å². The number of rotatable bonds is 2. The van der Waals surface area contributed by atoms with Crippen molar-refractivity contribution >= 4 is 11.8 Å². The summed E-state index contributed by atoms with van der Waals surface area (Å²) in [6.07, 6.45) is -8.28. The van der Waals surface area contributed by atoms with Gasteiger partial charge in [-0.25, -0.2) is 9.78 Å². The van der Waals surface area contributed by atoms with Crippen molar-refractivity contribution in [1.82, 2.24) is 20.4 Å². The van der Waals surface area contributed by atoms with Crippen LogP contribution in [0.4, 0.5) is 32.2 Å². The molecule has 1 fully saturated rings. The van der Waals surface area contributed by atoms with E-state index in [0.717, 1.165) is 32.0 Å². The fraction of sp³-hybridized carbons (Fsp3) is 0.429. The van der Waals surface area contributed by atoms with Gasteiger partial charge in [0.25, 0.3) is 0 Å². The Kier molecular flexibility index (Phi) is 6.43. The van der Waals surface area contributed by atoms with E-state index in [1.54, 1.807) is 12.1 Å². The maximum atomic E-state index is 12.4. The molecule has 28 heavy (non-hydrogen) atoms. The summed E-state index contributed by atoms with van der Waals surface area (Å²) in [6, 6.07) is 3.37. The monoisotopic (exact) mass is 413 g/mol. The third-order valence-electron chi connectivity index (χ3n) is 3.36. The molecular formula is C14H13F6N5O3. The molecule has 0 aromatic carbocycles. The number of carboxylic acid groups (broad SMARTS) is 1. The second-order valence-electron chi connectivity index (χ2n) is 5.37. The van der Waals surface area contributed by atoms with Crippen LogP contribution < -0.4 is 10.2 Å². The lowest BCUT2D eigenvalue weighted by atomic mass is 10.2. The number of piperazine rings is 1. The van der Waals surface area contributed by atoms with Crippen molar-refractivity contribution in [1.29, 1.82) is 0 Å². The molecule has 14 heteroatoms. The van der Waals surface area contributed by atoms with E-state index in [0.29, 0.717) is 5.56 Å². The molecule has 2 aromatic heterocycles. The van der Waals surface area contributed by atoms with Gasteiger partial charge in [-0.05, 0) is 12.1 Å². The highest BCUT2D eigenvalue weighted by Crippen LogP contribution is 2.29. The molecule has 0 unspecified atom stereocenters. The Morgan fingerprint density at radius 3 is 2.18 bits per heavy atom. The second-order valence-corrected chi connectivity index (χ2v) is 5.37. The Labute approximate surface area is 153 Å². The first-order valence-electron chi connectivity index (χ1n) is 7.61. The van der Waals surface area contributed by atoms with Crippen LogP contribution in [0.3, 0.4) is 0 Å². The Morgan fingerprint density at radius 2 is 1.75 bits per heavy atom. The SMILES string of the molecule is FC(F)(F)c1nc(-c2ccc(N3CCNCC3)nc2)no1.O=C(O)C(F)(F)F. The van der Waals surface area contributed by atoms with Gasteiger partial charge in [-0.1, -0.05) is 5.16 Å². The molecule has 1 aliphatic rings. The van der Waals surface area contributed by atoms with E-state index in [9.17, 15) is 26.3 Å². The fourth-order valence-electron chi connectivity index (χ4n) is 2.06. The van der Waals surface area contributed by atoms with Crippen LogP contribution in [0.25, 0.3) is 11.4 Å². The fourth-order valence-corrected chi connectivity index (χ4v) is 2.06. The van der Waals surface area contributed by atoms with Crippen molar-refractivity contribution in [3.8, 4) is 11.4 Å². The molecule has 3 rings (SSSR count). The molecule has 0 saturated carbocycles. The summed E-state index contributed by atoms with van der Waals surface area (Å²) in [5, 5.41) is 13.7. The zero-order chi connectivity index (χ0) is 20.9. The number of aromatic nitrogens is 3. The molecule has 154 valence electrons. The van der Waals surface area contributed by atoms with Gasteiger partial charge >= 0.3 is 24.2 Å². The smallest absolute Gasteiger partial charge is 0.475 e. The molecule has 2 aromatic rings. The third-order valence-corrected chi connectivity index (χ3v) is 3.36. The molecule has 1 saturated heterocycles. The molecule has 0 atom stereocenters. The lowest BCUT2D eigenvalue weighted by molar-refractivity contribution is -0.192. The van der Waals surface area contributed by atoms with E-state index in [2.05, 4.69) is 29.9 Å². The molecule has 0 radical (unpaired) electrons. The molecular weight excluding hydrogens is 400 g/mol. The Hall–Kier alpha value is -2.90. The van der Waals surface area contributed by atoms with Crippen molar-refractivity contribution < 1.29 is 40.8 Å². The zero-order valence-electron chi connectivity index (χ0n) is 13.9. The third kappa shape index (κ3) is 5.80. The van der Waals surface area contributed by atoms with Crippen LogP contribution in [-0.4, -0.2) is 58.6 Å². The van der Waals surface area contributed by atoms with Crippen molar-refractivity contribution in [3.05, 3.63) is 24.2 Å². The minimum atomic E-state index is -5.08. The highest BCUT2D eigenvalue weighted by molar-refractivity contribution is 5.73. The highest BCUT2D eigenvalue weighted by atomic mass is 19.4. The van der Waals surface area contributed by atoms with E-state index in [1.807, 2.05) is 0 Å². The summed E-state index contributed by atoms with van der Waals surface area (Å²) in [5.41, 5.74) is 0.383. The number of hydrogen-bond acceptors (Lipinski definition) is 7. The number of aliphatic carboxylic acids is 1. The van der Waals surface area contributed by atoms with Gasteiger partial charge in [0.1, 0.15) is 5.82 Å². The molecule has 0 spiro atoms. The number of alkyl halides is 6. The number of carbonyl (C=O) groups is 1. The van der Waals surface area contributed by atoms with Gasteiger partial charge < -0.3 is 19.8 Å². The number of carboxylic acids is 1. The number of halogens is 6. The van der Waals surface area contributed by atoms with Crippen molar-refractivity contribution in [2.45, 2.75) is 12.4 Å². The van der Waals surface area contributed by atoms with Gasteiger partial charge in [-0.3, -0.25) is 0 Å². The quantitative estimate of drug-likeness (QED) is 0.723. The lowest BCUT2D eigenvalue weighted by Gasteiger charge is -2.28. The largest absolute Gasteiger partial charge is 0.490 e. The Bertz CT molecular complexity index is 784. The molecule has 0 amide bonds. The summed E-state index contributed by atoms with van der Waals surface area (Å²) in [5.74, 6) is -3.46. The molecule has 2 N–H and O–H groups in total. The van der Waals surface area contributed by atoms with Crippen molar-refractivity contribution in [2.24, 2.45) is 0 Å². The summed E-state index contributed by atoms with van der Waals surface area (Å²) in [7, 11) is 0. The van der Waals surface area contributed by atoms with Crippen molar-refractivity contribution in [3.63, 3.8) is 0 Å². The predicted octanol–water partition coefficient (Wildman–Crippen LogP) is 2.19. The van der Waals surface area contributed by atoms with Crippen LogP contribution in [0.2, 0.25) is 0 Å². The van der Waals surface area contributed by atoms with Crippen molar-refractivity contribution in [2.75, 3.05) is 31.1 Å². The first-order chi connectivity index (χ1) is 13.0. The first-order valence-corrected chi connectivity index (χ1v) is 7.61. The minimum absolute atomic E-state index is 0.123. The van der Waals surface area contributed by atoms with Gasteiger partial charge in [0, 0.05) is 37.9 Å². The average Bonchev–Trinajstić information content (AvgIpc) is 3.13. The average molecular weight is 413 g/mol. The number of hydrogen-bond donors (Lipinski definition) is 2. The maximum Gasteiger partial charge on any atom is 0.490 e. The lowest BCUT2D eigenvalue weighted by Crippen LogP contribution is -2.43. The molecule has 0 aliphatic carbocycles. The number of nitrogens with zero attached hydrogens (tertiary/aromatic N) is 4. The number of nitrogens with one attached hydrogen (secondary N) is 1. The Morgan fingerprint density at radius 1 is 1.14 bits per heavy atom. The van der Waals surface area contributed by atoms with Crippen LogP contribution >= 0.6 is 0 Å². The summed E-state index contributed by atoms with van der Waals surface area (Å²) in [6.45, 7) is 3.44. The summed E-state index contributed by atoms with van der Waals surface area (Å²) >= 11 is 0. The van der Waals surface area contributed by atoms with E-state index < -0.39 is 24.2 Å². The van der Waals surface area contributed by atoms with Gasteiger partial charge in [0.05, 0.1) is 0 Å². The first kappa shape index (κ1) is 21.4. The summed E-state index contributed by atoms with van der Waals surface area (Å²) < 4.78 is 73.1. The van der Waals surface area contributed by atoms with E-state index >= 15 is 0 Å². The predicted molar refractivity (Wildman–Crippen MR) is 81.3 cm³/mol. The van der Waals surface area contributed by atoms with Gasteiger partial charge in [-0.2, -0.15) is 31.3 Å². The zero-order valence-corrected chi connectivity index (χ0v) is 13.9. The van der Waals surface area contributed by atoms with Crippen LogP contribution in [-0.2, 0) is 11.0 Å². The van der Waals surface area contributed by atoms with Crippen LogP contribution in [0.1, 0.15) is 5.89 Å². The van der Waals surface area contributed by atoms with Gasteiger partial charge in [0.2, 0.25) is 5.82 Å². The van der Waals surface area contributed by atoms with Crippen LogP contribution in [0.5, 0.6) is 0 Å². The van der Waals surface area contributed by atoms with Gasteiger partial charge in [-0.15, -0.1) is 0 Å². The van der Waals surface area contributed by atoms with E-state index in [1.165, 1.54) is 6.20 Å². The minimum Gasteiger partial charge on any atom is -0.475 e. The maximum absolute atomic E-state index is 12.4.